The van der Waals surface area contributed by atoms with Gasteiger partial charge in [-0.05, 0) is 68.2 Å². The van der Waals surface area contributed by atoms with Crippen molar-refractivity contribution in [2.75, 3.05) is 52.9 Å². The fourth-order valence-electron chi connectivity index (χ4n) is 6.07. The Morgan fingerprint density at radius 3 is 0.645 bits per heavy atom. The minimum atomic E-state index is -2.10. The molecule has 62 heavy (non-hydrogen) atoms. The molecule has 0 N–H and O–H groups in total. The van der Waals surface area contributed by atoms with Crippen molar-refractivity contribution >= 4 is 47.8 Å². The van der Waals surface area contributed by atoms with Gasteiger partial charge < -0.3 is 37.9 Å². The van der Waals surface area contributed by atoms with E-state index in [4.69, 9.17) is 37.9 Å². The Kier molecular flexibility index (Phi) is 24.2. The fraction of sp³-hybridized carbons (Fsp3) is 0.652. The molecule has 0 radical (unpaired) electrons. The van der Waals surface area contributed by atoms with E-state index in [1.165, 1.54) is 0 Å². The summed E-state index contributed by atoms with van der Waals surface area (Å²) in [6, 6.07) is 0. The zero-order valence-electron chi connectivity index (χ0n) is 37.3. The van der Waals surface area contributed by atoms with Crippen molar-refractivity contribution in [3.05, 3.63) is 0 Å². The number of hydrogen-bond donors (Lipinski definition) is 0. The smallest absolute Gasteiger partial charge is 0.325 e. The van der Waals surface area contributed by atoms with Crippen LogP contribution in [0.1, 0.15) is 120 Å². The number of carbonyl (C=O) groups is 8. The lowest BCUT2D eigenvalue weighted by Crippen LogP contribution is -2.43. The van der Waals surface area contributed by atoms with Gasteiger partial charge in [0, 0.05) is 51.4 Å². The predicted molar refractivity (Wildman–Crippen MR) is 220 cm³/mol. The van der Waals surface area contributed by atoms with E-state index in [1.807, 2.05) is 0 Å². The van der Waals surface area contributed by atoms with E-state index in [1.54, 1.807) is 55.4 Å². The maximum Gasteiger partial charge on any atom is 0.325 e. The Hall–Kier alpha value is -6.00. The van der Waals surface area contributed by atoms with Crippen LogP contribution >= 0.6 is 0 Å². The zero-order valence-corrected chi connectivity index (χ0v) is 37.3. The number of rotatable bonds is 16. The lowest BCUT2D eigenvalue weighted by atomic mass is 9.78. The topological polar surface area (TPSA) is 210 Å². The van der Waals surface area contributed by atoms with Gasteiger partial charge in [-0.2, -0.15) is 0 Å². The van der Waals surface area contributed by atoms with Crippen LogP contribution in [0.3, 0.4) is 0 Å². The van der Waals surface area contributed by atoms with Crippen molar-refractivity contribution in [1.29, 1.82) is 0 Å². The first-order valence-corrected chi connectivity index (χ1v) is 20.9. The number of esters is 8. The normalized spacial score (nSPS) is 16.6. The maximum absolute atomic E-state index is 13.6. The van der Waals surface area contributed by atoms with Crippen LogP contribution in [0.2, 0.25) is 0 Å². The standard InChI is InChI=1S/C46H60O16/c1-9-55-35(47)43(36(48)56-10-2)27-19-17-20-28-45(39(51)59-13-5,40(52)60-14-6)33-25-26-34-46(41(53)61-15-7,42(54)62-16-8)30-22-18-21-29-44(32-24-23-31-43,37(49)57-11-3)38(50)58-12-4/h9-16,19,22,27-34H2,1-8H3. The molecule has 16 heteroatoms. The average Bonchev–Trinajstić information content (AvgIpc) is 3.23. The molecule has 0 aromatic rings. The molecule has 0 unspecified atom stereocenters. The highest BCUT2D eigenvalue weighted by Crippen LogP contribution is 2.36. The minimum Gasteiger partial charge on any atom is -0.465 e. The van der Waals surface area contributed by atoms with Crippen molar-refractivity contribution in [2.45, 2.75) is 120 Å². The van der Waals surface area contributed by atoms with Gasteiger partial charge in [-0.1, -0.05) is 0 Å². The van der Waals surface area contributed by atoms with E-state index < -0.39 is 108 Å². The highest BCUT2D eigenvalue weighted by Gasteiger charge is 2.52. The van der Waals surface area contributed by atoms with Crippen LogP contribution in [-0.4, -0.2) is 101 Å². The molecule has 1 rings (SSSR count). The SMILES string of the molecule is CCOC(=O)C1(C(=O)OCC)CC#CCCC(C(=O)OCC)(C(=O)OCC)CC#CCC(C(=O)OCC)(C(=O)OCC)CC#CCCC(C(=O)OCC)(C(=O)OCC)CC#CC1. The molecule has 340 valence electrons. The van der Waals surface area contributed by atoms with E-state index in [9.17, 15) is 38.4 Å². The zero-order chi connectivity index (χ0) is 46.7. The molecular formula is C46H60O16. The van der Waals surface area contributed by atoms with E-state index in [-0.39, 0.29) is 78.5 Å². The summed E-state index contributed by atoms with van der Waals surface area (Å²) in [5.74, 6) is 14.5. The average molecular weight is 869 g/mol. The summed E-state index contributed by atoms with van der Waals surface area (Å²) < 4.78 is 42.5. The van der Waals surface area contributed by atoms with Crippen molar-refractivity contribution < 1.29 is 76.3 Å². The van der Waals surface area contributed by atoms with Crippen molar-refractivity contribution in [2.24, 2.45) is 21.7 Å². The van der Waals surface area contributed by atoms with Gasteiger partial charge in [0.05, 0.1) is 52.9 Å². The molecule has 16 nitrogen and oxygen atoms in total. The third-order valence-electron chi connectivity index (χ3n) is 9.52. The number of ether oxygens (including phenoxy) is 8. The molecule has 1 aliphatic rings. The summed E-state index contributed by atoms with van der Waals surface area (Å²) in [4.78, 5) is 109. The van der Waals surface area contributed by atoms with Gasteiger partial charge in [0.15, 0.2) is 21.7 Å². The molecule has 0 saturated carbocycles. The maximum atomic E-state index is 13.6. The summed E-state index contributed by atoms with van der Waals surface area (Å²) in [7, 11) is 0. The predicted octanol–water partition coefficient (Wildman–Crippen LogP) is 4.37. The number of carbonyl (C=O) groups excluding carboxylic acids is 8. The second-order valence-corrected chi connectivity index (χ2v) is 13.6. The second-order valence-electron chi connectivity index (χ2n) is 13.6. The molecule has 0 saturated heterocycles. The third-order valence-corrected chi connectivity index (χ3v) is 9.52. The molecule has 0 atom stereocenters. The van der Waals surface area contributed by atoms with Crippen LogP contribution in [0.25, 0.3) is 0 Å². The lowest BCUT2D eigenvalue weighted by molar-refractivity contribution is -0.174. The third kappa shape index (κ3) is 14.0. The molecule has 1 aliphatic carbocycles. The highest BCUT2D eigenvalue weighted by molar-refractivity contribution is 6.03. The van der Waals surface area contributed by atoms with Gasteiger partial charge >= 0.3 is 47.8 Å². The van der Waals surface area contributed by atoms with Crippen LogP contribution in [-0.2, 0) is 76.3 Å². The highest BCUT2D eigenvalue weighted by atomic mass is 16.6. The first-order chi connectivity index (χ1) is 29.7. The Morgan fingerprint density at radius 1 is 0.290 bits per heavy atom. The quantitative estimate of drug-likeness (QED) is 0.0913. The largest absolute Gasteiger partial charge is 0.465 e. The first-order valence-electron chi connectivity index (χ1n) is 20.9. The Morgan fingerprint density at radius 2 is 0.452 bits per heavy atom. The Balaban J connectivity index is 4.30. The minimum absolute atomic E-state index is 0.101. The summed E-state index contributed by atoms with van der Waals surface area (Å²) >= 11 is 0. The van der Waals surface area contributed by atoms with E-state index in [0.717, 1.165) is 0 Å². The van der Waals surface area contributed by atoms with Crippen LogP contribution in [0.5, 0.6) is 0 Å². The summed E-state index contributed by atoms with van der Waals surface area (Å²) in [6.07, 6.45) is -3.94. The molecule has 0 amide bonds. The lowest BCUT2D eigenvalue weighted by Gasteiger charge is -2.28. The van der Waals surface area contributed by atoms with Gasteiger partial charge in [0.1, 0.15) is 0 Å². The van der Waals surface area contributed by atoms with Crippen molar-refractivity contribution in [3.8, 4) is 47.4 Å². The van der Waals surface area contributed by atoms with Crippen LogP contribution < -0.4 is 0 Å². The van der Waals surface area contributed by atoms with E-state index in [2.05, 4.69) is 47.4 Å². The van der Waals surface area contributed by atoms with Crippen LogP contribution in [0.15, 0.2) is 0 Å². The molecule has 0 aliphatic heterocycles. The van der Waals surface area contributed by atoms with Crippen molar-refractivity contribution in [3.63, 3.8) is 0 Å². The molecule has 0 spiro atoms. The van der Waals surface area contributed by atoms with Gasteiger partial charge in [-0.15, -0.1) is 47.4 Å². The monoisotopic (exact) mass is 868 g/mol. The van der Waals surface area contributed by atoms with Crippen LogP contribution in [0, 0.1) is 69.0 Å². The van der Waals surface area contributed by atoms with Crippen LogP contribution in [0.4, 0.5) is 0 Å². The van der Waals surface area contributed by atoms with Crippen molar-refractivity contribution in [1.82, 2.24) is 0 Å². The van der Waals surface area contributed by atoms with Gasteiger partial charge in [-0.3, -0.25) is 38.4 Å². The summed E-state index contributed by atoms with van der Waals surface area (Å²) in [5, 5.41) is 0. The molecule has 0 aromatic carbocycles. The van der Waals surface area contributed by atoms with Gasteiger partial charge in [0.2, 0.25) is 0 Å². The fourth-order valence-corrected chi connectivity index (χ4v) is 6.07. The number of hydrogen-bond acceptors (Lipinski definition) is 16. The molecule has 0 fully saturated rings. The van der Waals surface area contributed by atoms with Gasteiger partial charge in [-0.25, -0.2) is 0 Å². The van der Waals surface area contributed by atoms with Gasteiger partial charge in [0.25, 0.3) is 0 Å². The molecule has 0 heterocycles. The first kappa shape index (κ1) is 54.0. The molecular weight excluding hydrogens is 808 g/mol. The Bertz CT molecular complexity index is 1640. The molecule has 0 aromatic heterocycles. The Labute approximate surface area is 364 Å². The van der Waals surface area contributed by atoms with E-state index >= 15 is 0 Å². The summed E-state index contributed by atoms with van der Waals surface area (Å²) in [5.41, 5.74) is -8.26. The van der Waals surface area contributed by atoms with E-state index in [0.29, 0.717) is 0 Å². The molecule has 0 bridgehead atoms. The second kappa shape index (κ2) is 27.8. The summed E-state index contributed by atoms with van der Waals surface area (Å²) in [6.45, 7) is 11.5.